The van der Waals surface area contributed by atoms with E-state index in [1.54, 1.807) is 0 Å². The van der Waals surface area contributed by atoms with Crippen molar-refractivity contribution in [1.29, 1.82) is 0 Å². The van der Waals surface area contributed by atoms with E-state index >= 15 is 0 Å². The molecule has 1 amide bonds. The van der Waals surface area contributed by atoms with Crippen LogP contribution in [-0.4, -0.2) is 23.7 Å². The molecule has 0 unspecified atom stereocenters. The topological polar surface area (TPSA) is 63.2 Å². The van der Waals surface area contributed by atoms with Gasteiger partial charge in [-0.05, 0) is 45.5 Å². The van der Waals surface area contributed by atoms with Crippen LogP contribution in [0.4, 0.5) is 9.93 Å². The summed E-state index contributed by atoms with van der Waals surface area (Å²) < 4.78 is 6.25. The Morgan fingerprint density at radius 1 is 1.40 bits per heavy atom. The fourth-order valence-electron chi connectivity index (χ4n) is 1.73. The van der Waals surface area contributed by atoms with E-state index in [-0.39, 0.29) is 0 Å². The molecular weight excluding hydrogens is 274 g/mol. The highest BCUT2D eigenvalue weighted by molar-refractivity contribution is 7.22. The number of nitrogens with zero attached hydrogens (tertiary/aromatic N) is 1. The van der Waals surface area contributed by atoms with Crippen LogP contribution < -0.4 is 10.6 Å². The zero-order valence-corrected chi connectivity index (χ0v) is 12.9. The maximum absolute atomic E-state index is 11.7. The highest BCUT2D eigenvalue weighted by Gasteiger charge is 2.17. The van der Waals surface area contributed by atoms with Gasteiger partial charge in [0.1, 0.15) is 5.60 Å². The maximum Gasteiger partial charge on any atom is 0.413 e. The molecule has 2 N–H and O–H groups in total. The molecule has 108 valence electrons. The van der Waals surface area contributed by atoms with Gasteiger partial charge in [0.05, 0.1) is 10.2 Å². The number of fused-ring (bicyclic) bond motifs is 1. The fourth-order valence-corrected chi connectivity index (χ4v) is 2.64. The van der Waals surface area contributed by atoms with Crippen LogP contribution in [0.3, 0.4) is 0 Å². The van der Waals surface area contributed by atoms with Crippen molar-refractivity contribution >= 4 is 32.8 Å². The summed E-state index contributed by atoms with van der Waals surface area (Å²) in [5.74, 6) is 0. The van der Waals surface area contributed by atoms with Gasteiger partial charge in [-0.25, -0.2) is 9.78 Å². The first kappa shape index (κ1) is 14.7. The number of benzene rings is 1. The minimum absolute atomic E-state index is 0.480. The van der Waals surface area contributed by atoms with E-state index in [0.717, 1.165) is 16.8 Å². The van der Waals surface area contributed by atoms with Crippen LogP contribution in [0.2, 0.25) is 0 Å². The number of carbonyl (C=O) groups excluding carboxylic acids is 1. The quantitative estimate of drug-likeness (QED) is 0.911. The third-order valence-electron chi connectivity index (χ3n) is 2.44. The van der Waals surface area contributed by atoms with Gasteiger partial charge in [0.2, 0.25) is 0 Å². The number of rotatable bonds is 3. The summed E-state index contributed by atoms with van der Waals surface area (Å²) in [6.45, 7) is 6.29. The van der Waals surface area contributed by atoms with Gasteiger partial charge in [0, 0.05) is 6.54 Å². The second kappa shape index (κ2) is 5.76. The third kappa shape index (κ3) is 3.91. The number of ether oxygens (including phenoxy) is 1. The number of anilines is 1. The highest BCUT2D eigenvalue weighted by Crippen LogP contribution is 2.27. The monoisotopic (exact) mass is 293 g/mol. The molecule has 0 aliphatic rings. The van der Waals surface area contributed by atoms with Crippen molar-refractivity contribution in [3.63, 3.8) is 0 Å². The number of hydrogen-bond acceptors (Lipinski definition) is 5. The van der Waals surface area contributed by atoms with E-state index < -0.39 is 11.7 Å². The largest absolute Gasteiger partial charge is 0.444 e. The molecule has 1 aromatic carbocycles. The zero-order chi connectivity index (χ0) is 14.8. The van der Waals surface area contributed by atoms with Gasteiger partial charge in [-0.1, -0.05) is 17.4 Å². The smallest absolute Gasteiger partial charge is 0.413 e. The predicted octanol–water partition coefficient (Wildman–Crippen LogP) is 3.36. The molecule has 6 heteroatoms. The van der Waals surface area contributed by atoms with Crippen LogP contribution in [0, 0.1) is 0 Å². The number of hydrogen-bond donors (Lipinski definition) is 2. The summed E-state index contributed by atoms with van der Waals surface area (Å²) in [7, 11) is 1.91. The van der Waals surface area contributed by atoms with Crippen LogP contribution >= 0.6 is 11.3 Å². The van der Waals surface area contributed by atoms with Crippen LogP contribution in [0.5, 0.6) is 0 Å². The normalized spacial score (nSPS) is 11.6. The summed E-state index contributed by atoms with van der Waals surface area (Å²) in [6.07, 6.45) is -0.480. The van der Waals surface area contributed by atoms with Gasteiger partial charge in [0.15, 0.2) is 5.13 Å². The van der Waals surface area contributed by atoms with Crippen LogP contribution in [0.1, 0.15) is 26.3 Å². The molecule has 0 bridgehead atoms. The predicted molar refractivity (Wildman–Crippen MR) is 82.2 cm³/mol. The summed E-state index contributed by atoms with van der Waals surface area (Å²) in [5, 5.41) is 6.33. The Labute approximate surface area is 122 Å². The number of amides is 1. The molecule has 0 saturated heterocycles. The van der Waals surface area contributed by atoms with Crippen molar-refractivity contribution in [2.24, 2.45) is 0 Å². The van der Waals surface area contributed by atoms with Crippen molar-refractivity contribution < 1.29 is 9.53 Å². The van der Waals surface area contributed by atoms with Crippen LogP contribution in [0.25, 0.3) is 10.2 Å². The Morgan fingerprint density at radius 3 is 2.80 bits per heavy atom. The lowest BCUT2D eigenvalue weighted by Crippen LogP contribution is -2.27. The zero-order valence-electron chi connectivity index (χ0n) is 12.1. The van der Waals surface area contributed by atoms with Crippen molar-refractivity contribution in [2.45, 2.75) is 32.9 Å². The molecule has 0 atom stereocenters. The first-order valence-electron chi connectivity index (χ1n) is 6.41. The van der Waals surface area contributed by atoms with E-state index in [4.69, 9.17) is 4.74 Å². The average Bonchev–Trinajstić information content (AvgIpc) is 2.67. The lowest BCUT2D eigenvalue weighted by molar-refractivity contribution is 0.0636. The lowest BCUT2D eigenvalue weighted by atomic mass is 10.2. The van der Waals surface area contributed by atoms with Crippen molar-refractivity contribution in [1.82, 2.24) is 10.3 Å². The lowest BCUT2D eigenvalue weighted by Gasteiger charge is -2.18. The van der Waals surface area contributed by atoms with Crippen LogP contribution in [-0.2, 0) is 11.3 Å². The Balaban J connectivity index is 2.13. The Morgan fingerprint density at radius 2 is 2.15 bits per heavy atom. The molecule has 2 rings (SSSR count). The fraction of sp³-hybridized carbons (Fsp3) is 0.429. The second-order valence-electron chi connectivity index (χ2n) is 5.48. The average molecular weight is 293 g/mol. The third-order valence-corrected chi connectivity index (χ3v) is 3.38. The van der Waals surface area contributed by atoms with Crippen molar-refractivity contribution in [3.8, 4) is 0 Å². The molecule has 2 aromatic rings. The minimum Gasteiger partial charge on any atom is -0.444 e. The van der Waals surface area contributed by atoms with E-state index in [0.29, 0.717) is 5.13 Å². The summed E-state index contributed by atoms with van der Waals surface area (Å²) in [6, 6.07) is 6.05. The molecular formula is C14H19N3O2S. The Bertz CT molecular complexity index is 616. The van der Waals surface area contributed by atoms with Gasteiger partial charge < -0.3 is 10.1 Å². The standard InChI is InChI=1S/C14H19N3O2S/c1-14(2,3)19-13(18)17-12-16-10-6-5-9(8-15-4)7-11(10)20-12/h5-7,15H,8H2,1-4H3,(H,16,17,18). The molecule has 0 fully saturated rings. The van der Waals surface area contributed by atoms with E-state index in [9.17, 15) is 4.79 Å². The molecule has 0 aliphatic carbocycles. The number of carbonyl (C=O) groups is 1. The van der Waals surface area contributed by atoms with Crippen LogP contribution in [0.15, 0.2) is 18.2 Å². The molecule has 0 spiro atoms. The van der Waals surface area contributed by atoms with Gasteiger partial charge in [-0.2, -0.15) is 0 Å². The Hall–Kier alpha value is -1.66. The van der Waals surface area contributed by atoms with E-state index in [1.807, 2.05) is 40.0 Å². The molecule has 0 radical (unpaired) electrons. The minimum atomic E-state index is -0.513. The number of aromatic nitrogens is 1. The second-order valence-corrected chi connectivity index (χ2v) is 6.51. The van der Waals surface area contributed by atoms with Gasteiger partial charge in [-0.15, -0.1) is 0 Å². The molecule has 0 aliphatic heterocycles. The molecule has 20 heavy (non-hydrogen) atoms. The Kier molecular flexibility index (Phi) is 4.25. The maximum atomic E-state index is 11.7. The SMILES string of the molecule is CNCc1ccc2nc(NC(=O)OC(C)(C)C)sc2c1. The molecule has 5 nitrogen and oxygen atoms in total. The first-order chi connectivity index (χ1) is 9.37. The van der Waals surface area contributed by atoms with E-state index in [1.165, 1.54) is 16.9 Å². The number of thiazole rings is 1. The molecule has 0 saturated carbocycles. The van der Waals surface area contributed by atoms with Crippen molar-refractivity contribution in [2.75, 3.05) is 12.4 Å². The molecule has 1 heterocycles. The van der Waals surface area contributed by atoms with Crippen molar-refractivity contribution in [3.05, 3.63) is 23.8 Å². The summed E-state index contributed by atoms with van der Waals surface area (Å²) >= 11 is 1.44. The van der Waals surface area contributed by atoms with Gasteiger partial charge >= 0.3 is 6.09 Å². The van der Waals surface area contributed by atoms with Gasteiger partial charge in [0.25, 0.3) is 0 Å². The summed E-state index contributed by atoms with van der Waals surface area (Å²) in [4.78, 5) is 16.1. The van der Waals surface area contributed by atoms with Gasteiger partial charge in [-0.3, -0.25) is 5.32 Å². The molecule has 1 aromatic heterocycles. The van der Waals surface area contributed by atoms with E-state index in [2.05, 4.69) is 21.7 Å². The summed E-state index contributed by atoms with van der Waals surface area (Å²) in [5.41, 5.74) is 1.55. The highest BCUT2D eigenvalue weighted by atomic mass is 32.1. The first-order valence-corrected chi connectivity index (χ1v) is 7.23. The number of nitrogens with one attached hydrogen (secondary N) is 2.